The van der Waals surface area contributed by atoms with Crippen LogP contribution in [0.5, 0.6) is 11.5 Å². The molecule has 114 valence electrons. The first-order valence-electron chi connectivity index (χ1n) is 7.03. The van der Waals surface area contributed by atoms with E-state index in [4.69, 9.17) is 9.47 Å². The highest BCUT2D eigenvalue weighted by Gasteiger charge is 2.16. The topological polar surface area (TPSA) is 56.5 Å². The van der Waals surface area contributed by atoms with Crippen molar-refractivity contribution < 1.29 is 14.6 Å². The number of hydrogen-bond acceptors (Lipinski definition) is 4. The molecular weight excluding hydrogens is 280 g/mol. The van der Waals surface area contributed by atoms with Crippen LogP contribution in [0.4, 0.5) is 0 Å². The summed E-state index contributed by atoms with van der Waals surface area (Å²) in [5.41, 5.74) is 2.59. The molecule has 22 heavy (non-hydrogen) atoms. The van der Waals surface area contributed by atoms with Crippen LogP contribution in [-0.4, -0.2) is 28.9 Å². The van der Waals surface area contributed by atoms with Gasteiger partial charge in [-0.15, -0.1) is 0 Å². The summed E-state index contributed by atoms with van der Waals surface area (Å²) in [5.74, 6) is 1.32. The smallest absolute Gasteiger partial charge is 0.124 e. The molecule has 0 aliphatic carbocycles. The number of imidazole rings is 1. The highest BCUT2D eigenvalue weighted by atomic mass is 16.5. The monoisotopic (exact) mass is 298 g/mol. The number of aromatic nitrogens is 2. The predicted octanol–water partition coefficient (Wildman–Crippen LogP) is 2.79. The first-order valence-corrected chi connectivity index (χ1v) is 7.03. The molecule has 1 heterocycles. The minimum absolute atomic E-state index is 0.393. The van der Waals surface area contributed by atoms with Gasteiger partial charge in [0.1, 0.15) is 17.6 Å². The van der Waals surface area contributed by atoms with E-state index in [0.29, 0.717) is 23.6 Å². The minimum Gasteiger partial charge on any atom is -0.497 e. The number of para-hydroxylation sites is 2. The fourth-order valence-corrected chi connectivity index (χ4v) is 2.54. The van der Waals surface area contributed by atoms with Crippen molar-refractivity contribution in [2.45, 2.75) is 12.6 Å². The maximum absolute atomic E-state index is 10.6. The quantitative estimate of drug-likeness (QED) is 0.787. The van der Waals surface area contributed by atoms with Crippen molar-refractivity contribution in [3.8, 4) is 11.5 Å². The largest absolute Gasteiger partial charge is 0.497 e. The Bertz CT molecular complexity index is 782. The molecule has 0 saturated carbocycles. The lowest BCUT2D eigenvalue weighted by Crippen LogP contribution is -2.09. The molecule has 5 nitrogen and oxygen atoms in total. The SMILES string of the molecule is COc1ccc(OC)c(C(O)Cn2cnc3ccccc32)c1. The Morgan fingerprint density at radius 1 is 1.14 bits per heavy atom. The summed E-state index contributed by atoms with van der Waals surface area (Å²) in [7, 11) is 3.19. The Labute approximate surface area is 128 Å². The second-order valence-corrected chi connectivity index (χ2v) is 5.01. The predicted molar refractivity (Wildman–Crippen MR) is 84.2 cm³/mol. The van der Waals surface area contributed by atoms with Crippen LogP contribution in [0.25, 0.3) is 11.0 Å². The molecule has 0 bridgehead atoms. The number of benzene rings is 2. The van der Waals surface area contributed by atoms with E-state index in [-0.39, 0.29) is 0 Å². The number of fused-ring (bicyclic) bond motifs is 1. The van der Waals surface area contributed by atoms with Crippen LogP contribution in [0.2, 0.25) is 0 Å². The number of nitrogens with zero attached hydrogens (tertiary/aromatic N) is 2. The average molecular weight is 298 g/mol. The fraction of sp³-hybridized carbons (Fsp3) is 0.235. The number of aliphatic hydroxyl groups excluding tert-OH is 1. The molecule has 0 aliphatic heterocycles. The third-order valence-electron chi connectivity index (χ3n) is 3.69. The summed E-state index contributed by atoms with van der Waals surface area (Å²) in [6, 6.07) is 13.2. The lowest BCUT2D eigenvalue weighted by Gasteiger charge is -2.17. The highest BCUT2D eigenvalue weighted by Crippen LogP contribution is 2.30. The van der Waals surface area contributed by atoms with E-state index in [1.165, 1.54) is 0 Å². The van der Waals surface area contributed by atoms with Crippen LogP contribution in [0.15, 0.2) is 48.8 Å². The van der Waals surface area contributed by atoms with E-state index < -0.39 is 6.10 Å². The van der Waals surface area contributed by atoms with Crippen molar-refractivity contribution in [3.63, 3.8) is 0 Å². The molecule has 0 saturated heterocycles. The molecule has 2 aromatic carbocycles. The normalized spacial score (nSPS) is 12.3. The standard InChI is InChI=1S/C17H18N2O3/c1-21-12-7-8-17(22-2)13(9-12)16(20)10-19-11-18-14-5-3-4-6-15(14)19/h3-9,11,16,20H,10H2,1-2H3. The second kappa shape index (κ2) is 6.07. The summed E-state index contributed by atoms with van der Waals surface area (Å²) >= 11 is 0. The molecule has 0 amide bonds. The molecule has 3 aromatic rings. The molecule has 1 unspecified atom stereocenters. The third kappa shape index (κ3) is 2.63. The average Bonchev–Trinajstić information content (AvgIpc) is 2.97. The maximum Gasteiger partial charge on any atom is 0.124 e. The van der Waals surface area contributed by atoms with Crippen LogP contribution in [0.3, 0.4) is 0 Å². The van der Waals surface area contributed by atoms with Crippen molar-refractivity contribution >= 4 is 11.0 Å². The van der Waals surface area contributed by atoms with Crippen LogP contribution in [-0.2, 0) is 6.54 Å². The van der Waals surface area contributed by atoms with Crippen molar-refractivity contribution in [3.05, 3.63) is 54.4 Å². The molecule has 3 rings (SSSR count). The molecule has 1 aromatic heterocycles. The van der Waals surface area contributed by atoms with Crippen molar-refractivity contribution in [2.75, 3.05) is 14.2 Å². The number of hydrogen-bond donors (Lipinski definition) is 1. The summed E-state index contributed by atoms with van der Waals surface area (Å²) in [5, 5.41) is 10.6. The van der Waals surface area contributed by atoms with Crippen LogP contribution in [0, 0.1) is 0 Å². The first-order chi connectivity index (χ1) is 10.7. The Morgan fingerprint density at radius 2 is 1.95 bits per heavy atom. The number of ether oxygens (including phenoxy) is 2. The Morgan fingerprint density at radius 3 is 2.73 bits per heavy atom. The van der Waals surface area contributed by atoms with E-state index in [1.807, 2.05) is 34.9 Å². The van der Waals surface area contributed by atoms with Gasteiger partial charge in [-0.1, -0.05) is 12.1 Å². The van der Waals surface area contributed by atoms with Gasteiger partial charge < -0.3 is 19.1 Å². The highest BCUT2D eigenvalue weighted by molar-refractivity contribution is 5.74. The van der Waals surface area contributed by atoms with Crippen molar-refractivity contribution in [2.24, 2.45) is 0 Å². The zero-order chi connectivity index (χ0) is 15.5. The van der Waals surface area contributed by atoms with Crippen molar-refractivity contribution in [1.29, 1.82) is 0 Å². The Kier molecular flexibility index (Phi) is 3.98. The van der Waals surface area contributed by atoms with Gasteiger partial charge in [0, 0.05) is 5.56 Å². The van der Waals surface area contributed by atoms with Gasteiger partial charge in [0.2, 0.25) is 0 Å². The third-order valence-corrected chi connectivity index (χ3v) is 3.69. The van der Waals surface area contributed by atoms with Crippen LogP contribution >= 0.6 is 0 Å². The van der Waals surface area contributed by atoms with Crippen LogP contribution < -0.4 is 9.47 Å². The van der Waals surface area contributed by atoms with Gasteiger partial charge in [-0.2, -0.15) is 0 Å². The molecule has 1 N–H and O–H groups in total. The van der Waals surface area contributed by atoms with Gasteiger partial charge in [-0.25, -0.2) is 4.98 Å². The molecule has 5 heteroatoms. The van der Waals surface area contributed by atoms with E-state index in [9.17, 15) is 5.11 Å². The zero-order valence-corrected chi connectivity index (χ0v) is 12.6. The summed E-state index contributed by atoms with van der Waals surface area (Å²) < 4.78 is 12.5. The summed E-state index contributed by atoms with van der Waals surface area (Å²) in [6.45, 7) is 0.393. The molecule has 1 atom stereocenters. The molecule has 0 spiro atoms. The van der Waals surface area contributed by atoms with Crippen molar-refractivity contribution in [1.82, 2.24) is 9.55 Å². The summed E-state index contributed by atoms with van der Waals surface area (Å²) in [4.78, 5) is 4.34. The number of aliphatic hydroxyl groups is 1. The molecular formula is C17H18N2O3. The van der Waals surface area contributed by atoms with E-state index in [2.05, 4.69) is 4.98 Å². The first kappa shape index (κ1) is 14.4. The lowest BCUT2D eigenvalue weighted by molar-refractivity contribution is 0.153. The van der Waals surface area contributed by atoms with Gasteiger partial charge in [0.15, 0.2) is 0 Å². The Balaban J connectivity index is 1.92. The lowest BCUT2D eigenvalue weighted by atomic mass is 10.1. The van der Waals surface area contributed by atoms with Gasteiger partial charge >= 0.3 is 0 Å². The molecule has 0 aliphatic rings. The molecule has 0 radical (unpaired) electrons. The van der Waals surface area contributed by atoms with E-state index in [1.54, 1.807) is 32.7 Å². The number of methoxy groups -OCH3 is 2. The maximum atomic E-state index is 10.6. The summed E-state index contributed by atoms with van der Waals surface area (Å²) in [6.07, 6.45) is 1.02. The van der Waals surface area contributed by atoms with Gasteiger partial charge in [0.25, 0.3) is 0 Å². The van der Waals surface area contributed by atoms with Gasteiger partial charge in [-0.05, 0) is 30.3 Å². The molecule has 0 fully saturated rings. The minimum atomic E-state index is -0.720. The van der Waals surface area contributed by atoms with E-state index in [0.717, 1.165) is 11.0 Å². The Hall–Kier alpha value is -2.53. The van der Waals surface area contributed by atoms with E-state index >= 15 is 0 Å². The fourth-order valence-electron chi connectivity index (χ4n) is 2.54. The second-order valence-electron chi connectivity index (χ2n) is 5.01. The van der Waals surface area contributed by atoms with Gasteiger partial charge in [-0.3, -0.25) is 0 Å². The van der Waals surface area contributed by atoms with Gasteiger partial charge in [0.05, 0.1) is 38.1 Å². The zero-order valence-electron chi connectivity index (χ0n) is 12.6. The number of rotatable bonds is 5. The van der Waals surface area contributed by atoms with Crippen LogP contribution in [0.1, 0.15) is 11.7 Å².